The highest BCUT2D eigenvalue weighted by molar-refractivity contribution is 5.18. The molecule has 0 fully saturated rings. The van der Waals surface area contributed by atoms with Crippen LogP contribution in [0, 0.1) is 5.92 Å². The van der Waals surface area contributed by atoms with Crippen LogP contribution in [0.25, 0.3) is 0 Å². The molecular formula is C15H25NO. The molecular weight excluding hydrogens is 210 g/mol. The second kappa shape index (κ2) is 8.26. The largest absolute Gasteiger partial charge is 0.384 e. The SMILES string of the molecule is CCCC(NCC(C)COC)c1ccccc1. The molecule has 0 saturated carbocycles. The van der Waals surface area contributed by atoms with Crippen molar-refractivity contribution < 1.29 is 4.74 Å². The average molecular weight is 235 g/mol. The first-order valence-corrected chi connectivity index (χ1v) is 6.55. The van der Waals surface area contributed by atoms with Crippen molar-refractivity contribution in [3.05, 3.63) is 35.9 Å². The predicted molar refractivity (Wildman–Crippen MR) is 73.1 cm³/mol. The molecule has 1 aromatic carbocycles. The molecule has 0 heterocycles. The number of ether oxygens (including phenoxy) is 1. The standard InChI is InChI=1S/C15H25NO/c1-4-8-15(14-9-6-5-7-10-14)16-11-13(2)12-17-3/h5-7,9-10,13,15-16H,4,8,11-12H2,1-3H3. The van der Waals surface area contributed by atoms with E-state index in [-0.39, 0.29) is 0 Å². The molecule has 0 saturated heterocycles. The minimum absolute atomic E-state index is 0.473. The van der Waals surface area contributed by atoms with Crippen LogP contribution in [0.3, 0.4) is 0 Å². The van der Waals surface area contributed by atoms with Gasteiger partial charge in [-0.25, -0.2) is 0 Å². The summed E-state index contributed by atoms with van der Waals surface area (Å²) in [5.41, 5.74) is 1.39. The van der Waals surface area contributed by atoms with Gasteiger partial charge in [0.2, 0.25) is 0 Å². The fourth-order valence-electron chi connectivity index (χ4n) is 2.05. The first-order chi connectivity index (χ1) is 8.27. The van der Waals surface area contributed by atoms with Crippen LogP contribution in [0.1, 0.15) is 38.3 Å². The van der Waals surface area contributed by atoms with Gasteiger partial charge in [-0.3, -0.25) is 0 Å². The first kappa shape index (κ1) is 14.2. The molecule has 1 N–H and O–H groups in total. The van der Waals surface area contributed by atoms with Crippen molar-refractivity contribution in [3.8, 4) is 0 Å². The number of hydrogen-bond acceptors (Lipinski definition) is 2. The van der Waals surface area contributed by atoms with E-state index >= 15 is 0 Å². The van der Waals surface area contributed by atoms with Crippen molar-refractivity contribution in [3.63, 3.8) is 0 Å². The van der Waals surface area contributed by atoms with Crippen LogP contribution in [0.5, 0.6) is 0 Å². The Balaban J connectivity index is 2.49. The summed E-state index contributed by atoms with van der Waals surface area (Å²) < 4.78 is 5.16. The zero-order valence-corrected chi connectivity index (χ0v) is 11.3. The molecule has 0 aromatic heterocycles. The van der Waals surface area contributed by atoms with Crippen LogP contribution in [-0.2, 0) is 4.74 Å². The van der Waals surface area contributed by atoms with Gasteiger partial charge in [0.05, 0.1) is 0 Å². The Morgan fingerprint density at radius 2 is 1.94 bits per heavy atom. The number of benzene rings is 1. The molecule has 0 spiro atoms. The lowest BCUT2D eigenvalue weighted by atomic mass is 10.0. The highest BCUT2D eigenvalue weighted by atomic mass is 16.5. The third-order valence-electron chi connectivity index (χ3n) is 2.94. The number of hydrogen-bond donors (Lipinski definition) is 1. The van der Waals surface area contributed by atoms with Gasteiger partial charge in [0.1, 0.15) is 0 Å². The molecule has 1 rings (SSSR count). The van der Waals surface area contributed by atoms with Gasteiger partial charge < -0.3 is 10.1 Å². The van der Waals surface area contributed by atoms with Crippen LogP contribution < -0.4 is 5.32 Å². The number of methoxy groups -OCH3 is 1. The Morgan fingerprint density at radius 3 is 2.53 bits per heavy atom. The van der Waals surface area contributed by atoms with Crippen LogP contribution in [-0.4, -0.2) is 20.3 Å². The lowest BCUT2D eigenvalue weighted by Gasteiger charge is -2.21. The third-order valence-corrected chi connectivity index (χ3v) is 2.94. The van der Waals surface area contributed by atoms with Gasteiger partial charge in [0, 0.05) is 26.3 Å². The zero-order valence-electron chi connectivity index (χ0n) is 11.3. The highest BCUT2D eigenvalue weighted by Crippen LogP contribution is 2.18. The molecule has 96 valence electrons. The summed E-state index contributed by atoms with van der Waals surface area (Å²) in [5, 5.41) is 3.64. The lowest BCUT2D eigenvalue weighted by Crippen LogP contribution is -2.28. The highest BCUT2D eigenvalue weighted by Gasteiger charge is 2.11. The Kier molecular flexibility index (Phi) is 6.90. The van der Waals surface area contributed by atoms with E-state index in [1.165, 1.54) is 18.4 Å². The molecule has 2 heteroatoms. The molecule has 0 radical (unpaired) electrons. The molecule has 2 atom stereocenters. The van der Waals surface area contributed by atoms with Crippen molar-refractivity contribution in [1.82, 2.24) is 5.32 Å². The molecule has 2 nitrogen and oxygen atoms in total. The van der Waals surface area contributed by atoms with Gasteiger partial charge >= 0.3 is 0 Å². The molecule has 0 aliphatic rings. The molecule has 1 aromatic rings. The third kappa shape index (κ3) is 5.33. The van der Waals surface area contributed by atoms with Crippen molar-refractivity contribution in [2.24, 2.45) is 5.92 Å². The maximum atomic E-state index is 5.16. The monoisotopic (exact) mass is 235 g/mol. The molecule has 0 amide bonds. The normalized spacial score (nSPS) is 14.5. The van der Waals surface area contributed by atoms with Gasteiger partial charge in [-0.1, -0.05) is 50.6 Å². The second-order valence-corrected chi connectivity index (χ2v) is 4.72. The van der Waals surface area contributed by atoms with Gasteiger partial charge in [-0.2, -0.15) is 0 Å². The van der Waals surface area contributed by atoms with Gasteiger partial charge in [-0.05, 0) is 17.9 Å². The minimum Gasteiger partial charge on any atom is -0.384 e. The molecule has 2 unspecified atom stereocenters. The summed E-state index contributed by atoms with van der Waals surface area (Å²) in [4.78, 5) is 0. The predicted octanol–water partition coefficient (Wildman–Crippen LogP) is 3.40. The maximum absolute atomic E-state index is 5.16. The quantitative estimate of drug-likeness (QED) is 0.745. The average Bonchev–Trinajstić information content (AvgIpc) is 2.36. The Bertz CT molecular complexity index is 286. The first-order valence-electron chi connectivity index (χ1n) is 6.55. The minimum atomic E-state index is 0.473. The van der Waals surface area contributed by atoms with E-state index in [2.05, 4.69) is 49.5 Å². The maximum Gasteiger partial charge on any atom is 0.0499 e. The van der Waals surface area contributed by atoms with E-state index in [9.17, 15) is 0 Å². The van der Waals surface area contributed by atoms with Crippen molar-refractivity contribution >= 4 is 0 Å². The van der Waals surface area contributed by atoms with Crippen molar-refractivity contribution in [1.29, 1.82) is 0 Å². The Morgan fingerprint density at radius 1 is 1.24 bits per heavy atom. The summed E-state index contributed by atoms with van der Waals surface area (Å²) in [6.45, 7) is 6.27. The second-order valence-electron chi connectivity index (χ2n) is 4.72. The molecule has 0 aliphatic heterocycles. The summed E-state index contributed by atoms with van der Waals surface area (Å²) >= 11 is 0. The van der Waals surface area contributed by atoms with E-state index in [1.54, 1.807) is 7.11 Å². The summed E-state index contributed by atoms with van der Waals surface area (Å²) in [6, 6.07) is 11.2. The topological polar surface area (TPSA) is 21.3 Å². The summed E-state index contributed by atoms with van der Waals surface area (Å²) in [6.07, 6.45) is 2.38. The van der Waals surface area contributed by atoms with Crippen LogP contribution >= 0.6 is 0 Å². The molecule has 0 aliphatic carbocycles. The van der Waals surface area contributed by atoms with E-state index in [0.717, 1.165) is 13.2 Å². The molecule has 17 heavy (non-hydrogen) atoms. The Hall–Kier alpha value is -0.860. The van der Waals surface area contributed by atoms with E-state index in [4.69, 9.17) is 4.74 Å². The Labute approximate surface area is 105 Å². The fourth-order valence-corrected chi connectivity index (χ4v) is 2.05. The van der Waals surface area contributed by atoms with Gasteiger partial charge in [-0.15, -0.1) is 0 Å². The van der Waals surface area contributed by atoms with E-state index in [1.807, 2.05) is 0 Å². The van der Waals surface area contributed by atoms with Crippen LogP contribution in [0.2, 0.25) is 0 Å². The smallest absolute Gasteiger partial charge is 0.0499 e. The molecule has 0 bridgehead atoms. The number of nitrogens with one attached hydrogen (secondary N) is 1. The van der Waals surface area contributed by atoms with Gasteiger partial charge in [0.25, 0.3) is 0 Å². The fraction of sp³-hybridized carbons (Fsp3) is 0.600. The van der Waals surface area contributed by atoms with Crippen LogP contribution in [0.15, 0.2) is 30.3 Å². The summed E-state index contributed by atoms with van der Waals surface area (Å²) in [7, 11) is 1.76. The van der Waals surface area contributed by atoms with Crippen LogP contribution in [0.4, 0.5) is 0 Å². The zero-order chi connectivity index (χ0) is 12.5. The summed E-state index contributed by atoms with van der Waals surface area (Å²) in [5.74, 6) is 0.558. The van der Waals surface area contributed by atoms with Crippen molar-refractivity contribution in [2.75, 3.05) is 20.3 Å². The number of rotatable bonds is 8. The van der Waals surface area contributed by atoms with Crippen molar-refractivity contribution in [2.45, 2.75) is 32.7 Å². The van der Waals surface area contributed by atoms with Gasteiger partial charge in [0.15, 0.2) is 0 Å². The lowest BCUT2D eigenvalue weighted by molar-refractivity contribution is 0.156. The van der Waals surface area contributed by atoms with E-state index < -0.39 is 0 Å². The van der Waals surface area contributed by atoms with E-state index in [0.29, 0.717) is 12.0 Å².